The highest BCUT2D eigenvalue weighted by molar-refractivity contribution is 5.83. The molecule has 1 heterocycles. The van der Waals surface area contributed by atoms with Crippen LogP contribution in [0.25, 0.3) is 0 Å². The van der Waals surface area contributed by atoms with Crippen LogP contribution in [0.3, 0.4) is 0 Å². The van der Waals surface area contributed by atoms with E-state index in [0.717, 1.165) is 12.8 Å². The summed E-state index contributed by atoms with van der Waals surface area (Å²) in [6, 6.07) is -1.51. The van der Waals surface area contributed by atoms with Crippen molar-refractivity contribution in [3.63, 3.8) is 0 Å². The van der Waals surface area contributed by atoms with Gasteiger partial charge in [-0.1, -0.05) is 13.8 Å². The van der Waals surface area contributed by atoms with Crippen molar-refractivity contribution in [3.8, 4) is 0 Å². The van der Waals surface area contributed by atoms with Crippen molar-refractivity contribution < 1.29 is 19.8 Å². The normalized spacial score (nSPS) is 22.9. The second kappa shape index (κ2) is 6.04. The summed E-state index contributed by atoms with van der Waals surface area (Å²) >= 11 is 0. The van der Waals surface area contributed by atoms with Crippen LogP contribution in [0.2, 0.25) is 0 Å². The van der Waals surface area contributed by atoms with Gasteiger partial charge in [-0.05, 0) is 25.7 Å². The summed E-state index contributed by atoms with van der Waals surface area (Å²) in [5.41, 5.74) is 0. The number of likely N-dealkylation sites (tertiary alicyclic amines) is 1. The number of hydrogen-bond donors (Lipinski definition) is 3. The molecule has 0 aromatic rings. The Morgan fingerprint density at radius 2 is 1.94 bits per heavy atom. The Morgan fingerprint density at radius 3 is 2.39 bits per heavy atom. The predicted octanol–water partition coefficient (Wildman–Crippen LogP) is 0.650. The highest BCUT2D eigenvalue weighted by Gasteiger charge is 2.34. The SMILES string of the molecule is CC(C)C1CCCN1C(=O)N[C@H](C(=O)O)[C@@H](C)O. The van der Waals surface area contributed by atoms with Crippen LogP contribution < -0.4 is 5.32 Å². The van der Waals surface area contributed by atoms with E-state index in [0.29, 0.717) is 12.5 Å². The second-order valence-electron chi connectivity index (χ2n) is 5.15. The molecule has 104 valence electrons. The Morgan fingerprint density at radius 1 is 1.33 bits per heavy atom. The van der Waals surface area contributed by atoms with Crippen molar-refractivity contribution in [2.75, 3.05) is 6.54 Å². The lowest BCUT2D eigenvalue weighted by Gasteiger charge is -2.29. The highest BCUT2D eigenvalue weighted by Crippen LogP contribution is 2.23. The monoisotopic (exact) mass is 258 g/mol. The number of hydrogen-bond acceptors (Lipinski definition) is 3. The zero-order valence-corrected chi connectivity index (χ0v) is 11.1. The van der Waals surface area contributed by atoms with Gasteiger partial charge in [0.25, 0.3) is 0 Å². The Balaban J connectivity index is 2.66. The van der Waals surface area contributed by atoms with E-state index in [1.54, 1.807) is 4.90 Å². The molecule has 1 aliphatic rings. The third-order valence-corrected chi connectivity index (χ3v) is 3.36. The molecule has 1 fully saturated rings. The van der Waals surface area contributed by atoms with Crippen molar-refractivity contribution in [1.29, 1.82) is 0 Å². The molecule has 1 unspecified atom stereocenters. The van der Waals surface area contributed by atoms with Crippen molar-refractivity contribution >= 4 is 12.0 Å². The van der Waals surface area contributed by atoms with Crippen LogP contribution in [-0.4, -0.2) is 51.8 Å². The molecule has 3 atom stereocenters. The molecule has 1 saturated heterocycles. The Hall–Kier alpha value is -1.30. The zero-order chi connectivity index (χ0) is 13.9. The standard InChI is InChI=1S/C12H22N2O4/c1-7(2)9-5-4-6-14(9)12(18)13-10(8(3)15)11(16)17/h7-10,15H,4-6H2,1-3H3,(H,13,18)(H,16,17)/t8-,9?,10+/m1/s1. The van der Waals surface area contributed by atoms with E-state index in [1.807, 2.05) is 13.8 Å². The van der Waals surface area contributed by atoms with Gasteiger partial charge in [0.2, 0.25) is 0 Å². The lowest BCUT2D eigenvalue weighted by atomic mass is 10.0. The van der Waals surface area contributed by atoms with E-state index in [-0.39, 0.29) is 6.04 Å². The molecular weight excluding hydrogens is 236 g/mol. The molecule has 1 aliphatic heterocycles. The number of nitrogens with zero attached hydrogens (tertiary/aromatic N) is 1. The summed E-state index contributed by atoms with van der Waals surface area (Å²) in [7, 11) is 0. The quantitative estimate of drug-likeness (QED) is 0.690. The number of aliphatic hydroxyl groups excluding tert-OH is 1. The maximum Gasteiger partial charge on any atom is 0.328 e. The third-order valence-electron chi connectivity index (χ3n) is 3.36. The van der Waals surface area contributed by atoms with Crippen LogP contribution >= 0.6 is 0 Å². The summed E-state index contributed by atoms with van der Waals surface area (Å²) in [5.74, 6) is -0.883. The Bertz CT molecular complexity index is 317. The molecule has 0 saturated carbocycles. The number of carboxylic acid groups (broad SMARTS) is 1. The van der Waals surface area contributed by atoms with Gasteiger partial charge in [-0.15, -0.1) is 0 Å². The molecule has 0 aromatic heterocycles. The molecular formula is C12H22N2O4. The van der Waals surface area contributed by atoms with Crippen molar-refractivity contribution in [1.82, 2.24) is 10.2 Å². The zero-order valence-electron chi connectivity index (χ0n) is 11.1. The number of aliphatic hydroxyl groups is 1. The Kier molecular flexibility index (Phi) is 4.95. The first kappa shape index (κ1) is 14.8. The number of carbonyl (C=O) groups excluding carboxylic acids is 1. The molecule has 1 rings (SSSR count). The summed E-state index contributed by atoms with van der Waals surface area (Å²) < 4.78 is 0. The van der Waals surface area contributed by atoms with Crippen LogP contribution in [0.1, 0.15) is 33.6 Å². The number of carbonyl (C=O) groups is 2. The number of carboxylic acids is 1. The van der Waals surface area contributed by atoms with Crippen LogP contribution in [0.4, 0.5) is 4.79 Å². The van der Waals surface area contributed by atoms with E-state index in [2.05, 4.69) is 5.32 Å². The topological polar surface area (TPSA) is 89.9 Å². The molecule has 0 bridgehead atoms. The van der Waals surface area contributed by atoms with Crippen LogP contribution in [0.15, 0.2) is 0 Å². The van der Waals surface area contributed by atoms with Gasteiger partial charge in [0, 0.05) is 12.6 Å². The molecule has 0 aromatic carbocycles. The van der Waals surface area contributed by atoms with Gasteiger partial charge in [-0.25, -0.2) is 9.59 Å². The number of aliphatic carboxylic acids is 1. The average Bonchev–Trinajstić information content (AvgIpc) is 2.73. The smallest absolute Gasteiger partial charge is 0.328 e. The number of nitrogens with one attached hydrogen (secondary N) is 1. The maximum absolute atomic E-state index is 12.0. The van der Waals surface area contributed by atoms with E-state index in [1.165, 1.54) is 6.92 Å². The van der Waals surface area contributed by atoms with Gasteiger partial charge in [0.1, 0.15) is 0 Å². The fourth-order valence-corrected chi connectivity index (χ4v) is 2.34. The van der Waals surface area contributed by atoms with Crippen molar-refractivity contribution in [3.05, 3.63) is 0 Å². The number of rotatable bonds is 4. The molecule has 18 heavy (non-hydrogen) atoms. The van der Waals surface area contributed by atoms with Gasteiger partial charge in [0.05, 0.1) is 6.10 Å². The number of urea groups is 1. The van der Waals surface area contributed by atoms with E-state index >= 15 is 0 Å². The van der Waals surface area contributed by atoms with Gasteiger partial charge < -0.3 is 20.4 Å². The molecule has 0 aliphatic carbocycles. The number of amides is 2. The molecule has 3 N–H and O–H groups in total. The molecule has 0 radical (unpaired) electrons. The summed E-state index contributed by atoms with van der Waals surface area (Å²) in [4.78, 5) is 24.6. The predicted molar refractivity (Wildman–Crippen MR) is 66.2 cm³/mol. The molecule has 6 heteroatoms. The summed E-state index contributed by atoms with van der Waals surface area (Å²) in [6.07, 6.45) is 0.756. The first-order valence-corrected chi connectivity index (χ1v) is 6.32. The van der Waals surface area contributed by atoms with E-state index in [4.69, 9.17) is 5.11 Å². The fraction of sp³-hybridized carbons (Fsp3) is 0.833. The molecule has 2 amide bonds. The summed E-state index contributed by atoms with van der Waals surface area (Å²) in [6.45, 7) is 6.07. The minimum Gasteiger partial charge on any atom is -0.480 e. The third kappa shape index (κ3) is 3.35. The van der Waals surface area contributed by atoms with Gasteiger partial charge in [-0.2, -0.15) is 0 Å². The Labute approximate surface area is 107 Å². The molecule has 0 spiro atoms. The fourth-order valence-electron chi connectivity index (χ4n) is 2.34. The van der Waals surface area contributed by atoms with Gasteiger partial charge >= 0.3 is 12.0 Å². The van der Waals surface area contributed by atoms with Gasteiger partial charge in [-0.3, -0.25) is 0 Å². The minimum absolute atomic E-state index is 0.147. The van der Waals surface area contributed by atoms with E-state index in [9.17, 15) is 14.7 Å². The van der Waals surface area contributed by atoms with Crippen molar-refractivity contribution in [2.24, 2.45) is 5.92 Å². The summed E-state index contributed by atoms with van der Waals surface area (Å²) in [5, 5.41) is 20.6. The first-order valence-electron chi connectivity index (χ1n) is 6.32. The lowest BCUT2D eigenvalue weighted by Crippen LogP contribution is -2.53. The van der Waals surface area contributed by atoms with Gasteiger partial charge in [0.15, 0.2) is 6.04 Å². The van der Waals surface area contributed by atoms with Crippen LogP contribution in [0.5, 0.6) is 0 Å². The largest absolute Gasteiger partial charge is 0.480 e. The first-order chi connectivity index (χ1) is 8.34. The van der Waals surface area contributed by atoms with Crippen molar-refractivity contribution in [2.45, 2.75) is 51.8 Å². The maximum atomic E-state index is 12.0. The van der Waals surface area contributed by atoms with Crippen LogP contribution in [-0.2, 0) is 4.79 Å². The lowest BCUT2D eigenvalue weighted by molar-refractivity contribution is -0.141. The van der Waals surface area contributed by atoms with E-state index < -0.39 is 24.1 Å². The highest BCUT2D eigenvalue weighted by atomic mass is 16.4. The molecule has 6 nitrogen and oxygen atoms in total. The minimum atomic E-state index is -1.26. The van der Waals surface area contributed by atoms with Crippen LogP contribution in [0, 0.1) is 5.92 Å². The second-order valence-corrected chi connectivity index (χ2v) is 5.15. The average molecular weight is 258 g/mol.